The largest absolute Gasteiger partial charge is 0.369 e. The molecule has 1 aromatic heterocycles. The Morgan fingerprint density at radius 3 is 2.67 bits per heavy atom. The highest BCUT2D eigenvalue weighted by Crippen LogP contribution is 2.38. The van der Waals surface area contributed by atoms with E-state index < -0.39 is 0 Å². The zero-order valence-electron chi connectivity index (χ0n) is 13.5. The Kier molecular flexibility index (Phi) is 3.78. The predicted octanol–water partition coefficient (Wildman–Crippen LogP) is 5.43. The molecule has 2 aromatic carbocycles. The molecule has 0 atom stereocenters. The summed E-state index contributed by atoms with van der Waals surface area (Å²) in [5.74, 6) is 1.06. The first-order valence-electron chi connectivity index (χ1n) is 7.93. The zero-order valence-corrected chi connectivity index (χ0v) is 15.0. The molecule has 0 aliphatic carbocycles. The first-order valence-corrected chi connectivity index (χ1v) is 8.69. The molecule has 0 bridgehead atoms. The fraction of sp³-hybridized carbons (Fsp3) is 0.211. The van der Waals surface area contributed by atoms with E-state index in [0.717, 1.165) is 35.7 Å². The topological polar surface area (TPSA) is 29.9 Å². The van der Waals surface area contributed by atoms with Crippen LogP contribution in [0.15, 0.2) is 36.4 Å². The van der Waals surface area contributed by atoms with Crippen LogP contribution < -0.4 is 5.32 Å². The Bertz CT molecular complexity index is 870. The highest BCUT2D eigenvalue weighted by atomic mass is 35.5. The van der Waals surface area contributed by atoms with Gasteiger partial charge in [0.1, 0.15) is 5.82 Å². The van der Waals surface area contributed by atoms with Crippen LogP contribution in [0.3, 0.4) is 0 Å². The quantitative estimate of drug-likeness (QED) is 0.662. The number of halogens is 2. The van der Waals surface area contributed by atoms with Crippen molar-refractivity contribution < 1.29 is 0 Å². The third kappa shape index (κ3) is 2.48. The first-order chi connectivity index (χ1) is 11.5. The summed E-state index contributed by atoms with van der Waals surface area (Å²) in [5.41, 5.74) is 6.58. The number of benzene rings is 2. The lowest BCUT2D eigenvalue weighted by Crippen LogP contribution is -2.05. The van der Waals surface area contributed by atoms with Crippen LogP contribution in [-0.2, 0) is 6.42 Å². The van der Waals surface area contributed by atoms with Crippen LogP contribution in [0, 0.1) is 13.8 Å². The van der Waals surface area contributed by atoms with E-state index in [1.165, 1.54) is 16.7 Å². The van der Waals surface area contributed by atoms with Gasteiger partial charge in [-0.3, -0.25) is 0 Å². The SMILES string of the molecule is Cc1ccc(-n2nc(-c3ccc(Cl)cc3Cl)c3c2NCC3)c(C)c1. The van der Waals surface area contributed by atoms with Gasteiger partial charge >= 0.3 is 0 Å². The number of aryl methyl sites for hydroxylation is 2. The molecule has 0 saturated carbocycles. The lowest BCUT2D eigenvalue weighted by Gasteiger charge is -2.10. The normalized spacial score (nSPS) is 13.0. The van der Waals surface area contributed by atoms with Crippen molar-refractivity contribution in [3.8, 4) is 16.9 Å². The smallest absolute Gasteiger partial charge is 0.133 e. The molecule has 5 heteroatoms. The molecular formula is C19H17Cl2N3. The molecular weight excluding hydrogens is 341 g/mol. The molecule has 24 heavy (non-hydrogen) atoms. The van der Waals surface area contributed by atoms with Crippen LogP contribution in [0.2, 0.25) is 10.0 Å². The summed E-state index contributed by atoms with van der Waals surface area (Å²) >= 11 is 12.5. The van der Waals surface area contributed by atoms with Crippen molar-refractivity contribution in [3.63, 3.8) is 0 Å². The Morgan fingerprint density at radius 1 is 1.08 bits per heavy atom. The van der Waals surface area contributed by atoms with E-state index in [0.29, 0.717) is 10.0 Å². The number of anilines is 1. The lowest BCUT2D eigenvalue weighted by atomic mass is 10.1. The van der Waals surface area contributed by atoms with Crippen molar-refractivity contribution in [3.05, 3.63) is 63.1 Å². The zero-order chi connectivity index (χ0) is 16.8. The van der Waals surface area contributed by atoms with Gasteiger partial charge < -0.3 is 5.32 Å². The van der Waals surface area contributed by atoms with Crippen LogP contribution in [0.25, 0.3) is 16.9 Å². The third-order valence-electron chi connectivity index (χ3n) is 4.42. The highest BCUT2D eigenvalue weighted by molar-refractivity contribution is 6.36. The summed E-state index contributed by atoms with van der Waals surface area (Å²) in [7, 11) is 0. The number of nitrogens with zero attached hydrogens (tertiary/aromatic N) is 2. The van der Waals surface area contributed by atoms with Crippen molar-refractivity contribution in [1.82, 2.24) is 9.78 Å². The van der Waals surface area contributed by atoms with E-state index in [-0.39, 0.29) is 0 Å². The Balaban J connectivity index is 1.92. The molecule has 1 aliphatic rings. The number of hydrogen-bond acceptors (Lipinski definition) is 2. The van der Waals surface area contributed by atoms with Gasteiger partial charge in [0.15, 0.2) is 0 Å². The van der Waals surface area contributed by atoms with Gasteiger partial charge in [-0.15, -0.1) is 0 Å². The van der Waals surface area contributed by atoms with E-state index >= 15 is 0 Å². The molecule has 4 rings (SSSR count). The van der Waals surface area contributed by atoms with Crippen molar-refractivity contribution in [1.29, 1.82) is 0 Å². The maximum absolute atomic E-state index is 6.42. The molecule has 1 N–H and O–H groups in total. The standard InChI is InChI=1S/C19H17Cl2N3/c1-11-3-6-17(12(2)9-11)24-19-15(7-8-22-19)18(23-24)14-5-4-13(20)10-16(14)21/h3-6,9-10,22H,7-8H2,1-2H3. The van der Waals surface area contributed by atoms with Gasteiger partial charge in [0.2, 0.25) is 0 Å². The second kappa shape index (κ2) is 5.83. The summed E-state index contributed by atoms with van der Waals surface area (Å²) in [5, 5.41) is 9.60. The molecule has 0 saturated heterocycles. The lowest BCUT2D eigenvalue weighted by molar-refractivity contribution is 0.874. The van der Waals surface area contributed by atoms with Gasteiger partial charge in [-0.2, -0.15) is 5.10 Å². The molecule has 1 aliphatic heterocycles. The average molecular weight is 358 g/mol. The van der Waals surface area contributed by atoms with E-state index in [2.05, 4.69) is 37.4 Å². The summed E-state index contributed by atoms with van der Waals surface area (Å²) in [6.07, 6.45) is 0.939. The fourth-order valence-corrected chi connectivity index (χ4v) is 3.79. The van der Waals surface area contributed by atoms with Crippen molar-refractivity contribution >= 4 is 29.0 Å². The summed E-state index contributed by atoms with van der Waals surface area (Å²) in [6, 6.07) is 12.0. The van der Waals surface area contributed by atoms with Crippen LogP contribution in [0.5, 0.6) is 0 Å². The minimum absolute atomic E-state index is 0.627. The maximum Gasteiger partial charge on any atom is 0.133 e. The second-order valence-electron chi connectivity index (χ2n) is 6.18. The number of aromatic nitrogens is 2. The van der Waals surface area contributed by atoms with Crippen LogP contribution in [-0.4, -0.2) is 16.3 Å². The second-order valence-corrected chi connectivity index (χ2v) is 7.02. The summed E-state index contributed by atoms with van der Waals surface area (Å²) in [6.45, 7) is 5.12. The van der Waals surface area contributed by atoms with Crippen molar-refractivity contribution in [2.45, 2.75) is 20.3 Å². The minimum Gasteiger partial charge on any atom is -0.369 e. The molecule has 0 radical (unpaired) electrons. The third-order valence-corrected chi connectivity index (χ3v) is 4.97. The van der Waals surface area contributed by atoms with Crippen molar-refractivity contribution in [2.24, 2.45) is 0 Å². The average Bonchev–Trinajstić information content (AvgIpc) is 3.11. The molecule has 0 fully saturated rings. The predicted molar refractivity (Wildman–Crippen MR) is 101 cm³/mol. The van der Waals surface area contributed by atoms with Crippen LogP contribution >= 0.6 is 23.2 Å². The monoisotopic (exact) mass is 357 g/mol. The fourth-order valence-electron chi connectivity index (χ4n) is 3.29. The highest BCUT2D eigenvalue weighted by Gasteiger charge is 2.25. The summed E-state index contributed by atoms with van der Waals surface area (Å²) in [4.78, 5) is 0. The summed E-state index contributed by atoms with van der Waals surface area (Å²) < 4.78 is 2.00. The molecule has 0 unspecified atom stereocenters. The van der Waals surface area contributed by atoms with E-state index in [1.54, 1.807) is 6.07 Å². The van der Waals surface area contributed by atoms with Gasteiger partial charge in [-0.25, -0.2) is 4.68 Å². The van der Waals surface area contributed by atoms with Crippen LogP contribution in [0.4, 0.5) is 5.82 Å². The van der Waals surface area contributed by atoms with Crippen LogP contribution in [0.1, 0.15) is 16.7 Å². The molecule has 3 nitrogen and oxygen atoms in total. The Hall–Kier alpha value is -1.97. The molecule has 0 spiro atoms. The number of rotatable bonds is 2. The van der Waals surface area contributed by atoms with Gasteiger partial charge in [0.05, 0.1) is 16.4 Å². The maximum atomic E-state index is 6.42. The van der Waals surface area contributed by atoms with Gasteiger partial charge in [-0.05, 0) is 50.1 Å². The van der Waals surface area contributed by atoms with Gasteiger partial charge in [0.25, 0.3) is 0 Å². The van der Waals surface area contributed by atoms with Crippen molar-refractivity contribution in [2.75, 3.05) is 11.9 Å². The molecule has 0 amide bonds. The molecule has 2 heterocycles. The number of nitrogens with one attached hydrogen (secondary N) is 1. The molecule has 122 valence electrons. The van der Waals surface area contributed by atoms with E-state index in [1.807, 2.05) is 16.8 Å². The molecule has 3 aromatic rings. The van der Waals surface area contributed by atoms with Gasteiger partial charge in [-0.1, -0.05) is 40.9 Å². The Labute approximate surface area is 151 Å². The number of hydrogen-bond donors (Lipinski definition) is 1. The minimum atomic E-state index is 0.627. The first kappa shape index (κ1) is 15.6. The van der Waals surface area contributed by atoms with E-state index in [4.69, 9.17) is 28.3 Å². The van der Waals surface area contributed by atoms with E-state index in [9.17, 15) is 0 Å². The Morgan fingerprint density at radius 2 is 1.92 bits per heavy atom. The number of fused-ring (bicyclic) bond motifs is 1. The van der Waals surface area contributed by atoms with Gasteiger partial charge in [0, 0.05) is 22.7 Å².